The molecule has 0 saturated carbocycles. The zero-order valence-corrected chi connectivity index (χ0v) is 19.0. The predicted molar refractivity (Wildman–Crippen MR) is 127 cm³/mol. The monoisotopic (exact) mass is 494 g/mol. The van der Waals surface area contributed by atoms with E-state index >= 15 is 0 Å². The maximum absolute atomic E-state index is 13.5. The molecule has 0 unspecified atom stereocenters. The van der Waals surface area contributed by atoms with E-state index in [1.807, 2.05) is 24.1 Å². The first-order valence-corrected chi connectivity index (χ1v) is 10.6. The van der Waals surface area contributed by atoms with E-state index in [4.69, 9.17) is 16.3 Å². The van der Waals surface area contributed by atoms with Crippen molar-refractivity contribution in [3.8, 4) is 11.5 Å². The number of anilines is 2. The number of pyridine rings is 1. The molecule has 1 heterocycles. The average Bonchev–Trinajstić information content (AvgIpc) is 2.86. The van der Waals surface area contributed by atoms with E-state index in [1.165, 1.54) is 36.5 Å². The molecule has 0 saturated heterocycles. The number of ether oxygens (including phenoxy) is 1. The highest BCUT2D eigenvalue weighted by atomic mass is 35.5. The van der Waals surface area contributed by atoms with Crippen LogP contribution in [0, 0.1) is 11.6 Å². The molecule has 0 fully saturated rings. The molecule has 176 valence electrons. The second-order valence-corrected chi connectivity index (χ2v) is 7.93. The molecular weight excluding hydrogens is 478 g/mol. The summed E-state index contributed by atoms with van der Waals surface area (Å²) in [6.45, 7) is 0. The number of rotatable bonds is 7. The van der Waals surface area contributed by atoms with Gasteiger partial charge >= 0.3 is 5.97 Å². The molecular formula is C26H17ClF2N2O4. The van der Waals surface area contributed by atoms with Crippen molar-refractivity contribution in [2.24, 2.45) is 0 Å². The Bertz CT molecular complexity index is 1410. The maximum atomic E-state index is 13.5. The van der Waals surface area contributed by atoms with Gasteiger partial charge in [0.25, 0.3) is 0 Å². The van der Waals surface area contributed by atoms with Gasteiger partial charge in [-0.2, -0.15) is 0 Å². The van der Waals surface area contributed by atoms with Crippen molar-refractivity contribution < 1.29 is 28.2 Å². The van der Waals surface area contributed by atoms with Gasteiger partial charge in [-0.05, 0) is 66.7 Å². The Morgan fingerprint density at radius 1 is 0.857 bits per heavy atom. The summed E-state index contributed by atoms with van der Waals surface area (Å²) in [5.74, 6) is -4.09. The van der Waals surface area contributed by atoms with E-state index in [-0.39, 0.29) is 28.3 Å². The zero-order valence-electron chi connectivity index (χ0n) is 18.2. The highest BCUT2D eigenvalue weighted by Crippen LogP contribution is 2.28. The van der Waals surface area contributed by atoms with E-state index < -0.39 is 23.4 Å². The Balaban J connectivity index is 1.61. The molecule has 1 aromatic heterocycles. The van der Waals surface area contributed by atoms with Gasteiger partial charge in [-0.15, -0.1) is 0 Å². The molecule has 0 aliphatic heterocycles. The van der Waals surface area contributed by atoms with Gasteiger partial charge in [0.2, 0.25) is 5.78 Å². The lowest BCUT2D eigenvalue weighted by atomic mass is 10.0. The molecule has 9 heteroatoms. The van der Waals surface area contributed by atoms with Crippen LogP contribution in [0.3, 0.4) is 0 Å². The van der Waals surface area contributed by atoms with Crippen molar-refractivity contribution in [1.29, 1.82) is 0 Å². The van der Waals surface area contributed by atoms with E-state index in [0.717, 1.165) is 17.8 Å². The third kappa shape index (κ3) is 5.44. The normalized spacial score (nSPS) is 10.6. The fourth-order valence-corrected chi connectivity index (χ4v) is 3.40. The van der Waals surface area contributed by atoms with Crippen LogP contribution in [-0.2, 0) is 0 Å². The maximum Gasteiger partial charge on any atom is 0.335 e. The van der Waals surface area contributed by atoms with Crippen LogP contribution in [0.4, 0.5) is 20.2 Å². The number of carboxylic acids is 1. The molecule has 0 amide bonds. The molecule has 0 aliphatic rings. The Kier molecular flexibility index (Phi) is 6.75. The summed E-state index contributed by atoms with van der Waals surface area (Å²) in [6, 6.07) is 17.0. The minimum atomic E-state index is -1.29. The number of hydrogen-bond acceptors (Lipinski definition) is 5. The zero-order chi connectivity index (χ0) is 25.1. The van der Waals surface area contributed by atoms with Crippen LogP contribution in [0.2, 0.25) is 5.02 Å². The number of aromatic carboxylic acids is 1. The van der Waals surface area contributed by atoms with Gasteiger partial charge in [-0.3, -0.25) is 9.78 Å². The lowest BCUT2D eigenvalue weighted by molar-refractivity contribution is 0.0696. The Morgan fingerprint density at radius 3 is 2.17 bits per heavy atom. The van der Waals surface area contributed by atoms with Crippen LogP contribution >= 0.6 is 11.6 Å². The van der Waals surface area contributed by atoms with Crippen molar-refractivity contribution in [2.75, 3.05) is 11.9 Å². The first-order chi connectivity index (χ1) is 16.7. The van der Waals surface area contributed by atoms with Crippen molar-refractivity contribution in [3.05, 3.63) is 112 Å². The van der Waals surface area contributed by atoms with Gasteiger partial charge in [0.05, 0.1) is 17.4 Å². The quantitative estimate of drug-likeness (QED) is 0.295. The number of ketones is 1. The highest BCUT2D eigenvalue weighted by Gasteiger charge is 2.17. The van der Waals surface area contributed by atoms with Crippen LogP contribution in [0.25, 0.3) is 0 Å². The fourth-order valence-electron chi connectivity index (χ4n) is 3.27. The van der Waals surface area contributed by atoms with E-state index in [0.29, 0.717) is 10.7 Å². The third-order valence-corrected chi connectivity index (χ3v) is 5.38. The van der Waals surface area contributed by atoms with Crippen LogP contribution in [-0.4, -0.2) is 28.9 Å². The standard InChI is InChI=1S/C26H17ClF2N2O4/c1-31(18-4-2-17(27)3-5-18)19-6-9-24(30-14-19)25(32)15-10-16(26(33)34)12-21(11-15)35-20-7-8-22(28)23(29)13-20/h2-14H,1H3,(H,33,34). The van der Waals surface area contributed by atoms with Gasteiger partial charge in [0.15, 0.2) is 11.6 Å². The SMILES string of the molecule is CN(c1ccc(Cl)cc1)c1ccc(C(=O)c2cc(Oc3ccc(F)c(F)c3)cc(C(=O)O)c2)nc1. The van der Waals surface area contributed by atoms with Gasteiger partial charge < -0.3 is 14.7 Å². The molecule has 0 bridgehead atoms. The molecule has 1 N–H and O–H groups in total. The Labute approximate surface area is 204 Å². The lowest BCUT2D eigenvalue weighted by Crippen LogP contribution is -2.11. The summed E-state index contributed by atoms with van der Waals surface area (Å²) in [5.41, 5.74) is 1.45. The molecule has 0 radical (unpaired) electrons. The topological polar surface area (TPSA) is 79.7 Å². The molecule has 35 heavy (non-hydrogen) atoms. The summed E-state index contributed by atoms with van der Waals surface area (Å²) in [5, 5.41) is 10.1. The number of hydrogen-bond donors (Lipinski definition) is 1. The number of benzene rings is 3. The average molecular weight is 495 g/mol. The van der Waals surface area contributed by atoms with Gasteiger partial charge in [-0.1, -0.05) is 11.6 Å². The van der Waals surface area contributed by atoms with Crippen LogP contribution in [0.1, 0.15) is 26.4 Å². The molecule has 0 spiro atoms. The lowest BCUT2D eigenvalue weighted by Gasteiger charge is -2.19. The van der Waals surface area contributed by atoms with Crippen molar-refractivity contribution in [3.63, 3.8) is 0 Å². The largest absolute Gasteiger partial charge is 0.478 e. The molecule has 4 aromatic rings. The number of carboxylic acid groups (broad SMARTS) is 1. The first-order valence-electron chi connectivity index (χ1n) is 10.2. The molecule has 4 rings (SSSR count). The molecule has 0 aliphatic carbocycles. The van der Waals surface area contributed by atoms with E-state index in [1.54, 1.807) is 18.2 Å². The minimum absolute atomic E-state index is 0.00814. The second kappa shape index (κ2) is 9.90. The van der Waals surface area contributed by atoms with Crippen molar-refractivity contribution in [2.45, 2.75) is 0 Å². The van der Waals surface area contributed by atoms with Gasteiger partial charge in [0.1, 0.15) is 17.2 Å². The van der Waals surface area contributed by atoms with Gasteiger partial charge in [-0.25, -0.2) is 13.6 Å². The predicted octanol–water partition coefficient (Wildman–Crippen LogP) is 6.50. The molecule has 3 aromatic carbocycles. The van der Waals surface area contributed by atoms with Crippen molar-refractivity contribution >= 4 is 34.7 Å². The summed E-state index contributed by atoms with van der Waals surface area (Å²) in [7, 11) is 1.83. The summed E-state index contributed by atoms with van der Waals surface area (Å²) >= 11 is 5.93. The third-order valence-electron chi connectivity index (χ3n) is 5.12. The number of nitrogens with zero attached hydrogens (tertiary/aromatic N) is 2. The van der Waals surface area contributed by atoms with E-state index in [9.17, 15) is 23.5 Å². The first kappa shape index (κ1) is 23.8. The fraction of sp³-hybridized carbons (Fsp3) is 0.0385. The molecule has 0 atom stereocenters. The van der Waals surface area contributed by atoms with E-state index in [2.05, 4.69) is 4.98 Å². The summed E-state index contributed by atoms with van der Waals surface area (Å²) in [4.78, 5) is 30.7. The smallest absolute Gasteiger partial charge is 0.335 e. The number of carbonyl (C=O) groups is 2. The van der Waals surface area contributed by atoms with Crippen LogP contribution in [0.5, 0.6) is 11.5 Å². The Hall–Kier alpha value is -4.30. The Morgan fingerprint density at radius 2 is 1.54 bits per heavy atom. The number of halogens is 3. The molecule has 6 nitrogen and oxygen atoms in total. The van der Waals surface area contributed by atoms with Crippen molar-refractivity contribution in [1.82, 2.24) is 4.98 Å². The summed E-state index contributed by atoms with van der Waals surface area (Å²) in [6.07, 6.45) is 1.52. The van der Waals surface area contributed by atoms with Gasteiger partial charge in [0, 0.05) is 29.4 Å². The number of aromatic nitrogens is 1. The number of carbonyl (C=O) groups excluding carboxylic acids is 1. The second-order valence-electron chi connectivity index (χ2n) is 7.50. The van der Waals surface area contributed by atoms with Crippen LogP contribution in [0.15, 0.2) is 79.0 Å². The summed E-state index contributed by atoms with van der Waals surface area (Å²) < 4.78 is 32.2. The highest BCUT2D eigenvalue weighted by molar-refractivity contribution is 6.30. The minimum Gasteiger partial charge on any atom is -0.478 e. The van der Waals surface area contributed by atoms with Crippen LogP contribution < -0.4 is 9.64 Å².